The summed E-state index contributed by atoms with van der Waals surface area (Å²) >= 11 is 0. The number of nitrogens with two attached hydrogens (primary N) is 1. The minimum atomic E-state index is -0.205. The van der Waals surface area contributed by atoms with Crippen LogP contribution in [0.4, 0.5) is 5.69 Å². The molecule has 0 radical (unpaired) electrons. The number of nitrogens with one attached hydrogen (secondary N) is 1. The van der Waals surface area contributed by atoms with Crippen molar-refractivity contribution in [1.82, 2.24) is 15.1 Å². The predicted molar refractivity (Wildman–Crippen MR) is 84.2 cm³/mol. The van der Waals surface area contributed by atoms with Crippen LogP contribution in [-0.2, 0) is 7.05 Å². The Hall–Kier alpha value is -2.30. The molecule has 0 aliphatic rings. The van der Waals surface area contributed by atoms with E-state index in [0.29, 0.717) is 17.1 Å². The standard InChI is InChI=1S/C16H22N4O/c1-9-6-7-13(10(2)8-9)11(3)18-16(21)15-14(17)12(4)19-20(15)5/h6-8,11H,17H2,1-5H3,(H,18,21). The van der Waals surface area contributed by atoms with E-state index in [4.69, 9.17) is 5.73 Å². The zero-order chi connectivity index (χ0) is 15.7. The maximum Gasteiger partial charge on any atom is 0.272 e. The number of anilines is 1. The maximum absolute atomic E-state index is 12.4. The molecule has 0 bridgehead atoms. The van der Waals surface area contributed by atoms with Gasteiger partial charge in [-0.25, -0.2) is 0 Å². The normalized spacial score (nSPS) is 12.2. The van der Waals surface area contributed by atoms with Crippen LogP contribution < -0.4 is 11.1 Å². The van der Waals surface area contributed by atoms with Crippen LogP contribution in [0.15, 0.2) is 18.2 Å². The topological polar surface area (TPSA) is 72.9 Å². The Balaban J connectivity index is 2.23. The van der Waals surface area contributed by atoms with Gasteiger partial charge in [-0.15, -0.1) is 0 Å². The van der Waals surface area contributed by atoms with Crippen molar-refractivity contribution in [1.29, 1.82) is 0 Å². The highest BCUT2D eigenvalue weighted by Crippen LogP contribution is 2.21. The third-order valence-electron chi connectivity index (χ3n) is 3.72. The number of rotatable bonds is 3. The fourth-order valence-corrected chi connectivity index (χ4v) is 2.60. The Morgan fingerprint density at radius 1 is 1.33 bits per heavy atom. The molecule has 1 heterocycles. The minimum absolute atomic E-state index is 0.0901. The SMILES string of the molecule is Cc1ccc(C(C)NC(=O)c2c(N)c(C)nn2C)c(C)c1. The molecule has 3 N–H and O–H groups in total. The van der Waals surface area contributed by atoms with E-state index in [2.05, 4.69) is 23.4 Å². The summed E-state index contributed by atoms with van der Waals surface area (Å²) < 4.78 is 1.52. The van der Waals surface area contributed by atoms with E-state index in [-0.39, 0.29) is 11.9 Å². The molecular formula is C16H22N4O. The lowest BCUT2D eigenvalue weighted by Gasteiger charge is -2.17. The highest BCUT2D eigenvalue weighted by molar-refractivity contribution is 5.98. The van der Waals surface area contributed by atoms with Gasteiger partial charge in [-0.05, 0) is 38.8 Å². The number of nitrogens with zero attached hydrogens (tertiary/aromatic N) is 2. The van der Waals surface area contributed by atoms with Gasteiger partial charge in [0.05, 0.1) is 17.4 Å². The number of aryl methyl sites for hydroxylation is 4. The van der Waals surface area contributed by atoms with Crippen molar-refractivity contribution < 1.29 is 4.79 Å². The Labute approximate surface area is 125 Å². The first-order valence-electron chi connectivity index (χ1n) is 6.98. The van der Waals surface area contributed by atoms with E-state index in [1.807, 2.05) is 26.0 Å². The summed E-state index contributed by atoms with van der Waals surface area (Å²) in [5.41, 5.74) is 10.9. The molecule has 0 aliphatic carbocycles. The number of nitrogen functional groups attached to an aromatic ring is 1. The van der Waals surface area contributed by atoms with Gasteiger partial charge in [-0.3, -0.25) is 9.48 Å². The van der Waals surface area contributed by atoms with Crippen molar-refractivity contribution in [2.75, 3.05) is 5.73 Å². The van der Waals surface area contributed by atoms with E-state index < -0.39 is 0 Å². The van der Waals surface area contributed by atoms with Gasteiger partial charge in [0, 0.05) is 7.05 Å². The van der Waals surface area contributed by atoms with Crippen molar-refractivity contribution in [2.45, 2.75) is 33.7 Å². The zero-order valence-corrected chi connectivity index (χ0v) is 13.2. The number of carbonyl (C=O) groups is 1. The van der Waals surface area contributed by atoms with Crippen LogP contribution in [0.2, 0.25) is 0 Å². The second-order valence-electron chi connectivity index (χ2n) is 5.53. The van der Waals surface area contributed by atoms with Crippen LogP contribution in [-0.4, -0.2) is 15.7 Å². The second-order valence-corrected chi connectivity index (χ2v) is 5.53. The molecule has 0 saturated carbocycles. The number of carbonyl (C=O) groups excluding carboxylic acids is 1. The lowest BCUT2D eigenvalue weighted by atomic mass is 10.0. The number of aromatic nitrogens is 2. The number of amides is 1. The van der Waals surface area contributed by atoms with Gasteiger partial charge in [0.2, 0.25) is 0 Å². The third kappa shape index (κ3) is 2.91. The lowest BCUT2D eigenvalue weighted by molar-refractivity contribution is 0.0931. The molecule has 0 aliphatic heterocycles. The van der Waals surface area contributed by atoms with Crippen molar-refractivity contribution in [3.8, 4) is 0 Å². The molecular weight excluding hydrogens is 264 g/mol. The summed E-state index contributed by atoms with van der Waals surface area (Å²) in [4.78, 5) is 12.4. The molecule has 1 amide bonds. The van der Waals surface area contributed by atoms with Gasteiger partial charge in [0.1, 0.15) is 5.69 Å². The summed E-state index contributed by atoms with van der Waals surface area (Å²) in [6, 6.07) is 6.12. The van der Waals surface area contributed by atoms with E-state index in [0.717, 1.165) is 11.1 Å². The molecule has 1 aromatic heterocycles. The molecule has 0 fully saturated rings. The quantitative estimate of drug-likeness (QED) is 0.910. The Morgan fingerprint density at radius 2 is 2.00 bits per heavy atom. The molecule has 5 nitrogen and oxygen atoms in total. The second kappa shape index (κ2) is 5.60. The number of benzene rings is 1. The fraction of sp³-hybridized carbons (Fsp3) is 0.375. The van der Waals surface area contributed by atoms with E-state index in [1.165, 1.54) is 10.2 Å². The van der Waals surface area contributed by atoms with Gasteiger partial charge < -0.3 is 11.1 Å². The first-order chi connectivity index (χ1) is 9.81. The fourth-order valence-electron chi connectivity index (χ4n) is 2.60. The Bertz CT molecular complexity index is 688. The third-order valence-corrected chi connectivity index (χ3v) is 3.72. The van der Waals surface area contributed by atoms with Crippen LogP contribution in [0.3, 0.4) is 0 Å². The number of hydrogen-bond acceptors (Lipinski definition) is 3. The highest BCUT2D eigenvalue weighted by atomic mass is 16.2. The molecule has 1 atom stereocenters. The molecule has 1 unspecified atom stereocenters. The van der Waals surface area contributed by atoms with Crippen molar-refractivity contribution in [2.24, 2.45) is 7.05 Å². The predicted octanol–water partition coefficient (Wildman–Crippen LogP) is 2.42. The van der Waals surface area contributed by atoms with Gasteiger partial charge in [-0.1, -0.05) is 23.8 Å². The molecule has 21 heavy (non-hydrogen) atoms. The first kappa shape index (κ1) is 15.1. The van der Waals surface area contributed by atoms with E-state index >= 15 is 0 Å². The van der Waals surface area contributed by atoms with Crippen LogP contribution in [0, 0.1) is 20.8 Å². The Kier molecular flexibility index (Phi) is 4.02. The molecule has 0 spiro atoms. The van der Waals surface area contributed by atoms with Gasteiger partial charge >= 0.3 is 0 Å². The summed E-state index contributed by atoms with van der Waals surface area (Å²) in [5, 5.41) is 7.16. The van der Waals surface area contributed by atoms with Gasteiger partial charge in [0.15, 0.2) is 0 Å². The van der Waals surface area contributed by atoms with E-state index in [1.54, 1.807) is 14.0 Å². The van der Waals surface area contributed by atoms with Crippen LogP contribution in [0.5, 0.6) is 0 Å². The summed E-state index contributed by atoms with van der Waals surface area (Å²) in [7, 11) is 1.72. The first-order valence-corrected chi connectivity index (χ1v) is 6.98. The molecule has 5 heteroatoms. The van der Waals surface area contributed by atoms with Crippen molar-refractivity contribution in [3.63, 3.8) is 0 Å². The molecule has 0 saturated heterocycles. The summed E-state index contributed by atoms with van der Waals surface area (Å²) in [5.74, 6) is -0.205. The van der Waals surface area contributed by atoms with Crippen molar-refractivity contribution >= 4 is 11.6 Å². The highest BCUT2D eigenvalue weighted by Gasteiger charge is 2.20. The van der Waals surface area contributed by atoms with Crippen LogP contribution >= 0.6 is 0 Å². The molecule has 2 rings (SSSR count). The van der Waals surface area contributed by atoms with E-state index in [9.17, 15) is 4.79 Å². The van der Waals surface area contributed by atoms with Gasteiger partial charge in [-0.2, -0.15) is 5.10 Å². The average molecular weight is 286 g/mol. The monoisotopic (exact) mass is 286 g/mol. The van der Waals surface area contributed by atoms with Crippen LogP contribution in [0.25, 0.3) is 0 Å². The van der Waals surface area contributed by atoms with Crippen molar-refractivity contribution in [3.05, 3.63) is 46.3 Å². The molecule has 112 valence electrons. The van der Waals surface area contributed by atoms with Gasteiger partial charge in [0.25, 0.3) is 5.91 Å². The zero-order valence-electron chi connectivity index (χ0n) is 13.2. The Morgan fingerprint density at radius 3 is 2.52 bits per heavy atom. The lowest BCUT2D eigenvalue weighted by Crippen LogP contribution is -2.29. The average Bonchev–Trinajstić information content (AvgIpc) is 2.62. The van der Waals surface area contributed by atoms with Crippen LogP contribution in [0.1, 0.15) is 45.8 Å². The minimum Gasteiger partial charge on any atom is -0.395 e. The summed E-state index contributed by atoms with van der Waals surface area (Å²) in [6.45, 7) is 7.86. The maximum atomic E-state index is 12.4. The molecule has 2 aromatic rings. The molecule has 1 aromatic carbocycles. The largest absolute Gasteiger partial charge is 0.395 e. The number of hydrogen-bond donors (Lipinski definition) is 2. The summed E-state index contributed by atoms with van der Waals surface area (Å²) in [6.07, 6.45) is 0. The smallest absolute Gasteiger partial charge is 0.272 e.